The molecule has 0 aliphatic carbocycles. The highest BCUT2D eigenvalue weighted by Crippen LogP contribution is 2.37. The van der Waals surface area contributed by atoms with Crippen LogP contribution in [0.5, 0.6) is 0 Å². The predicted octanol–water partition coefficient (Wildman–Crippen LogP) is 4.55. The summed E-state index contributed by atoms with van der Waals surface area (Å²) in [5.41, 5.74) is 2.47. The lowest BCUT2D eigenvalue weighted by Crippen LogP contribution is -1.94. The number of fused-ring (bicyclic) bond motifs is 1. The standard InChI is InChI=1S/C15H10BrN3/c1-17-14-8-11-6-4-3-5-10(11)7-12(14)15-13(16)9-18-19(15)2/h3-9H,2H3. The van der Waals surface area contributed by atoms with Crippen molar-refractivity contribution >= 4 is 32.4 Å². The third-order valence-electron chi connectivity index (χ3n) is 3.13. The van der Waals surface area contributed by atoms with Crippen LogP contribution in [0.4, 0.5) is 5.69 Å². The first-order valence-electron chi connectivity index (χ1n) is 5.79. The molecule has 0 bridgehead atoms. The number of aryl methyl sites for hydroxylation is 1. The van der Waals surface area contributed by atoms with Gasteiger partial charge in [0.15, 0.2) is 5.69 Å². The summed E-state index contributed by atoms with van der Waals surface area (Å²) in [6.07, 6.45) is 1.75. The van der Waals surface area contributed by atoms with Crippen molar-refractivity contribution in [3.8, 4) is 11.3 Å². The Labute approximate surface area is 119 Å². The second kappa shape index (κ2) is 4.52. The third-order valence-corrected chi connectivity index (χ3v) is 3.71. The van der Waals surface area contributed by atoms with E-state index in [1.165, 1.54) is 0 Å². The summed E-state index contributed by atoms with van der Waals surface area (Å²) in [5, 5.41) is 6.42. The van der Waals surface area contributed by atoms with Crippen molar-refractivity contribution in [2.75, 3.05) is 0 Å². The summed E-state index contributed by atoms with van der Waals surface area (Å²) in [7, 11) is 1.88. The molecule has 92 valence electrons. The van der Waals surface area contributed by atoms with Gasteiger partial charge in [-0.2, -0.15) is 5.10 Å². The van der Waals surface area contributed by atoms with Crippen molar-refractivity contribution in [2.45, 2.75) is 0 Å². The van der Waals surface area contributed by atoms with Gasteiger partial charge in [0, 0.05) is 12.6 Å². The fraction of sp³-hybridized carbons (Fsp3) is 0.0667. The quantitative estimate of drug-likeness (QED) is 0.604. The predicted molar refractivity (Wildman–Crippen MR) is 80.1 cm³/mol. The van der Waals surface area contributed by atoms with Crippen molar-refractivity contribution in [3.63, 3.8) is 0 Å². The lowest BCUT2D eigenvalue weighted by atomic mass is 10.0. The van der Waals surface area contributed by atoms with Gasteiger partial charge in [-0.25, -0.2) is 4.85 Å². The number of rotatable bonds is 1. The molecule has 0 aliphatic rings. The van der Waals surface area contributed by atoms with Gasteiger partial charge in [-0.05, 0) is 32.8 Å². The summed E-state index contributed by atoms with van der Waals surface area (Å²) in [6.45, 7) is 7.38. The molecule has 0 saturated carbocycles. The molecule has 0 aliphatic heterocycles. The van der Waals surface area contributed by atoms with Gasteiger partial charge in [0.25, 0.3) is 0 Å². The van der Waals surface area contributed by atoms with Crippen molar-refractivity contribution < 1.29 is 0 Å². The zero-order valence-electron chi connectivity index (χ0n) is 10.3. The van der Waals surface area contributed by atoms with E-state index in [-0.39, 0.29) is 0 Å². The molecule has 0 saturated heterocycles. The molecule has 0 unspecified atom stereocenters. The first-order valence-corrected chi connectivity index (χ1v) is 6.58. The van der Waals surface area contributed by atoms with Gasteiger partial charge in [0.05, 0.1) is 22.9 Å². The van der Waals surface area contributed by atoms with Crippen LogP contribution < -0.4 is 0 Å². The van der Waals surface area contributed by atoms with Gasteiger partial charge in [0.1, 0.15) is 0 Å². The molecule has 0 fully saturated rings. The van der Waals surface area contributed by atoms with E-state index in [2.05, 4.69) is 31.9 Å². The van der Waals surface area contributed by atoms with Crippen LogP contribution in [0, 0.1) is 6.57 Å². The van der Waals surface area contributed by atoms with E-state index >= 15 is 0 Å². The highest BCUT2D eigenvalue weighted by atomic mass is 79.9. The van der Waals surface area contributed by atoms with Crippen molar-refractivity contribution in [3.05, 3.63) is 58.5 Å². The molecule has 0 radical (unpaired) electrons. The molecule has 2 aromatic carbocycles. The second-order valence-electron chi connectivity index (χ2n) is 4.29. The van der Waals surface area contributed by atoms with Crippen LogP contribution in [0.25, 0.3) is 26.9 Å². The molecular formula is C15H10BrN3. The van der Waals surface area contributed by atoms with E-state index in [1.807, 2.05) is 37.4 Å². The number of hydrogen-bond donors (Lipinski definition) is 0. The molecule has 0 N–H and O–H groups in total. The molecule has 3 nitrogen and oxygen atoms in total. The topological polar surface area (TPSA) is 22.2 Å². The minimum atomic E-state index is 0.642. The second-order valence-corrected chi connectivity index (χ2v) is 5.15. The first-order chi connectivity index (χ1) is 9.20. The molecule has 0 amide bonds. The molecule has 1 heterocycles. The monoisotopic (exact) mass is 311 g/mol. The van der Waals surface area contributed by atoms with Gasteiger partial charge in [-0.1, -0.05) is 30.3 Å². The van der Waals surface area contributed by atoms with Crippen LogP contribution in [-0.2, 0) is 7.05 Å². The molecule has 19 heavy (non-hydrogen) atoms. The lowest BCUT2D eigenvalue weighted by Gasteiger charge is -2.08. The molecule has 1 aromatic heterocycles. The van der Waals surface area contributed by atoms with Crippen LogP contribution in [0.2, 0.25) is 0 Å². The van der Waals surface area contributed by atoms with Crippen LogP contribution in [0.1, 0.15) is 0 Å². The number of aromatic nitrogens is 2. The Balaban J connectivity index is 2.38. The van der Waals surface area contributed by atoms with Crippen molar-refractivity contribution in [1.29, 1.82) is 0 Å². The van der Waals surface area contributed by atoms with E-state index in [0.29, 0.717) is 5.69 Å². The van der Waals surface area contributed by atoms with E-state index < -0.39 is 0 Å². The highest BCUT2D eigenvalue weighted by molar-refractivity contribution is 9.10. The Morgan fingerprint density at radius 1 is 1.21 bits per heavy atom. The van der Waals surface area contributed by atoms with Crippen molar-refractivity contribution in [2.24, 2.45) is 7.05 Å². The maximum atomic E-state index is 7.38. The summed E-state index contributed by atoms with van der Waals surface area (Å²) in [4.78, 5) is 3.65. The largest absolute Gasteiger partial charge is 0.268 e. The van der Waals surface area contributed by atoms with Gasteiger partial charge < -0.3 is 0 Å². The van der Waals surface area contributed by atoms with E-state index in [4.69, 9.17) is 6.57 Å². The van der Waals surface area contributed by atoms with Gasteiger partial charge in [-0.15, -0.1) is 0 Å². The fourth-order valence-corrected chi connectivity index (χ4v) is 2.79. The normalized spacial score (nSPS) is 10.6. The number of nitrogens with zero attached hydrogens (tertiary/aromatic N) is 3. The van der Waals surface area contributed by atoms with Crippen molar-refractivity contribution in [1.82, 2.24) is 9.78 Å². The zero-order valence-corrected chi connectivity index (χ0v) is 11.8. The molecule has 0 spiro atoms. The minimum absolute atomic E-state index is 0.642. The molecule has 3 rings (SSSR count). The van der Waals surface area contributed by atoms with E-state index in [0.717, 1.165) is 26.5 Å². The van der Waals surface area contributed by atoms with Gasteiger partial charge >= 0.3 is 0 Å². The Bertz CT molecular complexity index is 792. The number of halogens is 1. The molecule has 4 heteroatoms. The highest BCUT2D eigenvalue weighted by Gasteiger charge is 2.14. The van der Waals surface area contributed by atoms with E-state index in [9.17, 15) is 0 Å². The van der Waals surface area contributed by atoms with Crippen LogP contribution in [0.15, 0.2) is 47.1 Å². The molecule has 0 atom stereocenters. The number of benzene rings is 2. The average molecular weight is 312 g/mol. The minimum Gasteiger partial charge on any atom is -0.268 e. The molecular weight excluding hydrogens is 302 g/mol. The summed E-state index contributed by atoms with van der Waals surface area (Å²) >= 11 is 3.50. The fourth-order valence-electron chi connectivity index (χ4n) is 2.22. The Kier molecular flexibility index (Phi) is 2.84. The number of hydrogen-bond acceptors (Lipinski definition) is 1. The van der Waals surface area contributed by atoms with E-state index in [1.54, 1.807) is 10.9 Å². The Morgan fingerprint density at radius 2 is 1.89 bits per heavy atom. The van der Waals surface area contributed by atoms with Gasteiger partial charge in [0.2, 0.25) is 0 Å². The summed E-state index contributed by atoms with van der Waals surface area (Å²) < 4.78 is 2.68. The smallest absolute Gasteiger partial charge is 0.197 e. The Hall–Kier alpha value is -2.12. The lowest BCUT2D eigenvalue weighted by molar-refractivity contribution is 0.776. The molecule has 3 aromatic rings. The maximum Gasteiger partial charge on any atom is 0.197 e. The van der Waals surface area contributed by atoms with Crippen LogP contribution in [0.3, 0.4) is 0 Å². The Morgan fingerprint density at radius 3 is 2.47 bits per heavy atom. The summed E-state index contributed by atoms with van der Waals surface area (Å²) in [6, 6.07) is 12.0. The maximum absolute atomic E-state index is 7.38. The SMILES string of the molecule is [C-]#[N+]c1cc2ccccc2cc1-c1c(Br)cnn1C. The van der Waals surface area contributed by atoms with Gasteiger partial charge in [-0.3, -0.25) is 4.68 Å². The third kappa shape index (κ3) is 1.92. The van der Waals surface area contributed by atoms with Crippen LogP contribution in [-0.4, -0.2) is 9.78 Å². The summed E-state index contributed by atoms with van der Waals surface area (Å²) in [5.74, 6) is 0. The van der Waals surface area contributed by atoms with Crippen LogP contribution >= 0.6 is 15.9 Å². The average Bonchev–Trinajstić information content (AvgIpc) is 2.76. The first kappa shape index (κ1) is 11.9. The zero-order chi connectivity index (χ0) is 13.4.